The Kier molecular flexibility index (Phi) is 3.07. The second kappa shape index (κ2) is 4.72. The molecule has 1 aliphatic carbocycles. The molecule has 2 aliphatic rings. The summed E-state index contributed by atoms with van der Waals surface area (Å²) in [5.74, 6) is 1.27. The number of hydrogen-bond acceptors (Lipinski definition) is 4. The van der Waals surface area contributed by atoms with Crippen LogP contribution in [0.3, 0.4) is 0 Å². The van der Waals surface area contributed by atoms with E-state index in [-0.39, 0.29) is 5.56 Å². The first-order chi connectivity index (χ1) is 8.79. The Bertz CT molecular complexity index is 480. The fraction of sp³-hybridized carbons (Fsp3) is 0.692. The van der Waals surface area contributed by atoms with Gasteiger partial charge < -0.3 is 14.8 Å². The van der Waals surface area contributed by atoms with Crippen LogP contribution in [0.2, 0.25) is 0 Å². The summed E-state index contributed by atoms with van der Waals surface area (Å²) in [6.45, 7) is 2.90. The van der Waals surface area contributed by atoms with Gasteiger partial charge in [-0.15, -0.1) is 0 Å². The third-order valence-electron chi connectivity index (χ3n) is 3.87. The molecule has 0 bridgehead atoms. The molecule has 18 heavy (non-hydrogen) atoms. The lowest BCUT2D eigenvalue weighted by Gasteiger charge is -2.17. The van der Waals surface area contributed by atoms with Crippen molar-refractivity contribution < 1.29 is 0 Å². The highest BCUT2D eigenvalue weighted by Gasteiger charge is 2.29. The Balaban J connectivity index is 1.80. The fourth-order valence-corrected chi connectivity index (χ4v) is 2.75. The molecule has 5 heteroatoms. The number of aromatic nitrogens is 2. The summed E-state index contributed by atoms with van der Waals surface area (Å²) in [5.41, 5.74) is 0.0881. The molecule has 0 aromatic carbocycles. The molecule has 0 radical (unpaired) electrons. The van der Waals surface area contributed by atoms with Gasteiger partial charge in [0.05, 0.1) is 0 Å². The minimum atomic E-state index is 0.0881. The molecule has 1 aromatic heterocycles. The standard InChI is InChI=1S/C13H20N4O/c1-14-8-10-4-6-16(9-10)12-13(18)17(7-5-15-12)11-2-3-11/h5,7,10-11,14H,2-4,6,8-9H2,1H3. The highest BCUT2D eigenvalue weighted by molar-refractivity contribution is 5.37. The van der Waals surface area contributed by atoms with Crippen molar-refractivity contribution in [2.75, 3.05) is 31.6 Å². The van der Waals surface area contributed by atoms with Crippen LogP contribution < -0.4 is 15.8 Å². The van der Waals surface area contributed by atoms with E-state index in [1.54, 1.807) is 6.20 Å². The van der Waals surface area contributed by atoms with Crippen LogP contribution >= 0.6 is 0 Å². The molecule has 1 aliphatic heterocycles. The van der Waals surface area contributed by atoms with Crippen LogP contribution in [0.25, 0.3) is 0 Å². The molecule has 1 unspecified atom stereocenters. The van der Waals surface area contributed by atoms with Gasteiger partial charge in [-0.3, -0.25) is 4.79 Å². The van der Waals surface area contributed by atoms with Gasteiger partial charge in [-0.1, -0.05) is 0 Å². The van der Waals surface area contributed by atoms with Gasteiger partial charge in [0.15, 0.2) is 5.82 Å². The Labute approximate surface area is 107 Å². The molecule has 0 spiro atoms. The van der Waals surface area contributed by atoms with Crippen molar-refractivity contribution in [1.82, 2.24) is 14.9 Å². The van der Waals surface area contributed by atoms with E-state index in [2.05, 4.69) is 15.2 Å². The zero-order chi connectivity index (χ0) is 12.5. The second-order valence-corrected chi connectivity index (χ2v) is 5.35. The Morgan fingerprint density at radius 1 is 1.44 bits per heavy atom. The summed E-state index contributed by atoms with van der Waals surface area (Å²) in [5, 5.41) is 3.21. The van der Waals surface area contributed by atoms with Gasteiger partial charge in [0, 0.05) is 31.5 Å². The molecule has 1 N–H and O–H groups in total. The quantitative estimate of drug-likeness (QED) is 0.849. The van der Waals surface area contributed by atoms with Crippen LogP contribution in [0, 0.1) is 5.92 Å². The number of hydrogen-bond donors (Lipinski definition) is 1. The lowest BCUT2D eigenvalue weighted by Crippen LogP contribution is -2.32. The SMILES string of the molecule is CNCC1CCN(c2nccn(C3CC3)c2=O)C1. The second-order valence-electron chi connectivity index (χ2n) is 5.35. The first-order valence-corrected chi connectivity index (χ1v) is 6.76. The highest BCUT2D eigenvalue weighted by atomic mass is 16.1. The molecule has 1 saturated carbocycles. The van der Waals surface area contributed by atoms with Crippen LogP contribution in [0.5, 0.6) is 0 Å². The minimum absolute atomic E-state index is 0.0881. The zero-order valence-electron chi connectivity index (χ0n) is 10.8. The van der Waals surface area contributed by atoms with Gasteiger partial charge in [0.1, 0.15) is 0 Å². The van der Waals surface area contributed by atoms with E-state index in [0.29, 0.717) is 17.8 Å². The summed E-state index contributed by atoms with van der Waals surface area (Å²) in [4.78, 5) is 18.8. The van der Waals surface area contributed by atoms with Crippen LogP contribution in [-0.2, 0) is 0 Å². The van der Waals surface area contributed by atoms with Crippen LogP contribution in [0.4, 0.5) is 5.82 Å². The van der Waals surface area contributed by atoms with Gasteiger partial charge in [-0.25, -0.2) is 4.98 Å². The molecule has 0 amide bonds. The van der Waals surface area contributed by atoms with Crippen molar-refractivity contribution in [1.29, 1.82) is 0 Å². The third-order valence-corrected chi connectivity index (χ3v) is 3.87. The normalized spacial score (nSPS) is 23.6. The predicted octanol–water partition coefficient (Wildman–Crippen LogP) is 0.624. The Hall–Kier alpha value is -1.36. The molecule has 1 saturated heterocycles. The van der Waals surface area contributed by atoms with Crippen molar-refractivity contribution in [3.8, 4) is 0 Å². The van der Waals surface area contributed by atoms with Crippen LogP contribution in [0.15, 0.2) is 17.2 Å². The fourth-order valence-electron chi connectivity index (χ4n) is 2.75. The Morgan fingerprint density at radius 2 is 2.28 bits per heavy atom. The number of anilines is 1. The molecule has 2 heterocycles. The van der Waals surface area contributed by atoms with E-state index in [9.17, 15) is 4.79 Å². The summed E-state index contributed by atoms with van der Waals surface area (Å²) in [6, 6.07) is 0.426. The molecule has 3 rings (SSSR count). The van der Waals surface area contributed by atoms with Gasteiger partial charge in [-0.05, 0) is 38.8 Å². The van der Waals surface area contributed by atoms with Gasteiger partial charge in [0.2, 0.25) is 0 Å². The molecule has 98 valence electrons. The van der Waals surface area contributed by atoms with Gasteiger partial charge in [-0.2, -0.15) is 0 Å². The summed E-state index contributed by atoms with van der Waals surface area (Å²) in [7, 11) is 1.98. The summed E-state index contributed by atoms with van der Waals surface area (Å²) in [6.07, 6.45) is 6.99. The van der Waals surface area contributed by atoms with Crippen LogP contribution in [0.1, 0.15) is 25.3 Å². The van der Waals surface area contributed by atoms with Crippen molar-refractivity contribution in [3.05, 3.63) is 22.7 Å². The predicted molar refractivity (Wildman–Crippen MR) is 71.0 cm³/mol. The topological polar surface area (TPSA) is 50.2 Å². The average molecular weight is 248 g/mol. The van der Waals surface area contributed by atoms with Gasteiger partial charge >= 0.3 is 0 Å². The maximum atomic E-state index is 12.3. The monoisotopic (exact) mass is 248 g/mol. The molecule has 5 nitrogen and oxygen atoms in total. The number of nitrogens with one attached hydrogen (secondary N) is 1. The van der Waals surface area contributed by atoms with Crippen molar-refractivity contribution >= 4 is 5.82 Å². The first kappa shape index (κ1) is 11.7. The Morgan fingerprint density at radius 3 is 3.00 bits per heavy atom. The van der Waals surface area contributed by atoms with Crippen LogP contribution in [-0.4, -0.2) is 36.2 Å². The van der Waals surface area contributed by atoms with E-state index in [1.807, 2.05) is 17.8 Å². The lowest BCUT2D eigenvalue weighted by atomic mass is 10.1. The molecule has 1 aromatic rings. The van der Waals surface area contributed by atoms with E-state index in [1.165, 1.54) is 0 Å². The van der Waals surface area contributed by atoms with E-state index >= 15 is 0 Å². The van der Waals surface area contributed by atoms with Gasteiger partial charge in [0.25, 0.3) is 5.56 Å². The third kappa shape index (κ3) is 2.14. The largest absolute Gasteiger partial charge is 0.352 e. The van der Waals surface area contributed by atoms with E-state index in [4.69, 9.17) is 0 Å². The number of nitrogens with zero attached hydrogens (tertiary/aromatic N) is 3. The first-order valence-electron chi connectivity index (χ1n) is 6.76. The average Bonchev–Trinajstić information content (AvgIpc) is 3.11. The highest BCUT2D eigenvalue weighted by Crippen LogP contribution is 2.33. The van der Waals surface area contributed by atoms with Crippen molar-refractivity contribution in [2.24, 2.45) is 5.92 Å². The number of rotatable bonds is 4. The van der Waals surface area contributed by atoms with Crippen molar-refractivity contribution in [3.63, 3.8) is 0 Å². The summed E-state index contributed by atoms with van der Waals surface area (Å²) < 4.78 is 1.85. The summed E-state index contributed by atoms with van der Waals surface area (Å²) >= 11 is 0. The van der Waals surface area contributed by atoms with E-state index < -0.39 is 0 Å². The minimum Gasteiger partial charge on any atom is -0.352 e. The maximum Gasteiger partial charge on any atom is 0.293 e. The van der Waals surface area contributed by atoms with Crippen molar-refractivity contribution in [2.45, 2.75) is 25.3 Å². The molecular formula is C13H20N4O. The molecular weight excluding hydrogens is 228 g/mol. The zero-order valence-corrected chi connectivity index (χ0v) is 10.8. The molecule has 2 fully saturated rings. The van der Waals surface area contributed by atoms with E-state index in [0.717, 1.165) is 38.9 Å². The molecule has 1 atom stereocenters. The lowest BCUT2D eigenvalue weighted by molar-refractivity contribution is 0.548. The smallest absolute Gasteiger partial charge is 0.293 e. The maximum absolute atomic E-state index is 12.3.